The lowest BCUT2D eigenvalue weighted by atomic mass is 10.1. The molecule has 0 aliphatic carbocycles. The highest BCUT2D eigenvalue weighted by Crippen LogP contribution is 2.23. The van der Waals surface area contributed by atoms with Gasteiger partial charge in [0.2, 0.25) is 0 Å². The molecule has 8 N–H and O–H groups in total. The van der Waals surface area contributed by atoms with E-state index in [1.807, 2.05) is 0 Å². The van der Waals surface area contributed by atoms with Crippen LogP contribution in [0.25, 0.3) is 10.9 Å². The molecule has 0 bridgehead atoms. The number of nitrogens with zero attached hydrogens (tertiary/aromatic N) is 2. The predicted molar refractivity (Wildman–Crippen MR) is 133 cm³/mol. The van der Waals surface area contributed by atoms with Gasteiger partial charge in [0, 0.05) is 30.9 Å². The minimum Gasteiger partial charge on any atom is -0.480 e. The number of hydrazine groups is 1. The van der Waals surface area contributed by atoms with Gasteiger partial charge in [0.25, 0.3) is 11.8 Å². The first-order valence-corrected chi connectivity index (χ1v) is 11.0. The van der Waals surface area contributed by atoms with E-state index >= 15 is 0 Å². The maximum Gasteiger partial charge on any atom is 0.407 e. The van der Waals surface area contributed by atoms with E-state index in [0.717, 1.165) is 5.01 Å². The lowest BCUT2D eigenvalue weighted by Gasteiger charge is -2.19. The van der Waals surface area contributed by atoms with Crippen molar-refractivity contribution in [3.05, 3.63) is 47.9 Å². The molecule has 0 fully saturated rings. The van der Waals surface area contributed by atoms with Gasteiger partial charge in [0.15, 0.2) is 0 Å². The first kappa shape index (κ1) is 27.9. The van der Waals surface area contributed by atoms with Crippen LogP contribution in [-0.4, -0.2) is 59.2 Å². The van der Waals surface area contributed by atoms with E-state index in [1.165, 1.54) is 18.5 Å². The van der Waals surface area contributed by atoms with Crippen LogP contribution in [0.4, 0.5) is 10.5 Å². The first-order valence-electron chi connectivity index (χ1n) is 11.0. The molecule has 0 saturated heterocycles. The number of carboxylic acid groups (broad SMARTS) is 1. The number of nitrogens with one attached hydrogen (secondary N) is 3. The van der Waals surface area contributed by atoms with Gasteiger partial charge in [0.1, 0.15) is 17.8 Å². The van der Waals surface area contributed by atoms with Crippen molar-refractivity contribution >= 4 is 40.5 Å². The summed E-state index contributed by atoms with van der Waals surface area (Å²) < 4.78 is 5.12. The van der Waals surface area contributed by atoms with Crippen molar-refractivity contribution < 1.29 is 29.0 Å². The van der Waals surface area contributed by atoms with Crippen molar-refractivity contribution in [3.8, 4) is 0 Å². The summed E-state index contributed by atoms with van der Waals surface area (Å²) in [5.41, 5.74) is 6.20. The fourth-order valence-electron chi connectivity index (χ4n) is 2.92. The number of carbonyl (C=O) groups is 4. The zero-order valence-electron chi connectivity index (χ0n) is 20.3. The summed E-state index contributed by atoms with van der Waals surface area (Å²) in [6, 6.07) is 6.28. The normalized spacial score (nSPS) is 11.5. The van der Waals surface area contributed by atoms with Gasteiger partial charge in [-0.15, -0.1) is 0 Å². The predicted octanol–water partition coefficient (Wildman–Crippen LogP) is 0.560. The van der Waals surface area contributed by atoms with E-state index in [-0.39, 0.29) is 17.8 Å². The molecular weight excluding hydrogens is 470 g/mol. The topological polar surface area (TPSA) is 202 Å². The molecule has 1 aromatic carbocycles. The summed E-state index contributed by atoms with van der Waals surface area (Å²) in [5, 5.41) is 17.8. The number of hydrogen-bond donors (Lipinski definition) is 6. The number of anilines is 1. The van der Waals surface area contributed by atoms with Gasteiger partial charge in [-0.25, -0.2) is 10.6 Å². The Kier molecular flexibility index (Phi) is 9.56. The molecule has 2 rings (SSSR count). The maximum absolute atomic E-state index is 12.4. The molecular formula is C23H31N7O6. The number of carbonyl (C=O) groups excluding carboxylic acids is 3. The molecule has 0 unspecified atom stereocenters. The minimum absolute atomic E-state index is 0.164. The largest absolute Gasteiger partial charge is 0.480 e. The van der Waals surface area contributed by atoms with Gasteiger partial charge in [-0.3, -0.25) is 24.4 Å². The van der Waals surface area contributed by atoms with Crippen LogP contribution in [-0.2, 0) is 14.3 Å². The van der Waals surface area contributed by atoms with Crippen molar-refractivity contribution in [2.75, 3.05) is 24.6 Å². The molecule has 1 aromatic heterocycles. The van der Waals surface area contributed by atoms with E-state index in [1.54, 1.807) is 39.0 Å². The van der Waals surface area contributed by atoms with Crippen LogP contribution in [0.15, 0.2) is 42.4 Å². The van der Waals surface area contributed by atoms with Crippen LogP contribution in [0.2, 0.25) is 0 Å². The molecule has 0 saturated carbocycles. The van der Waals surface area contributed by atoms with Gasteiger partial charge in [-0.2, -0.15) is 0 Å². The molecule has 2 aromatic rings. The van der Waals surface area contributed by atoms with Gasteiger partial charge >= 0.3 is 12.1 Å². The van der Waals surface area contributed by atoms with Crippen molar-refractivity contribution in [1.82, 2.24) is 20.9 Å². The van der Waals surface area contributed by atoms with Crippen LogP contribution in [0.1, 0.15) is 37.6 Å². The summed E-state index contributed by atoms with van der Waals surface area (Å²) in [5.74, 6) is 3.73. The first-order chi connectivity index (χ1) is 16.9. The number of nitrogens with two attached hydrogens (primary N) is 2. The van der Waals surface area contributed by atoms with E-state index in [2.05, 4.69) is 20.9 Å². The fraction of sp³-hybridized carbons (Fsp3) is 0.348. The number of amides is 3. The Bertz CT molecular complexity index is 1160. The number of rotatable bonds is 10. The molecule has 0 aliphatic heterocycles. The molecule has 13 heteroatoms. The second-order valence-electron chi connectivity index (χ2n) is 8.67. The SMILES string of the molecule is CC(C)(C)OC(=O)NCCCNC(=O)/C(N)=C/N(N)c1ccc2nccc(C(=O)NCC(=O)O)c2c1. The third-order valence-corrected chi connectivity index (χ3v) is 4.52. The molecule has 13 nitrogen and oxygen atoms in total. The average Bonchev–Trinajstić information content (AvgIpc) is 2.80. The number of benzene rings is 1. The zero-order valence-corrected chi connectivity index (χ0v) is 20.3. The van der Waals surface area contributed by atoms with Gasteiger partial charge < -0.3 is 31.5 Å². The van der Waals surface area contributed by atoms with E-state index < -0.39 is 36.0 Å². The molecule has 36 heavy (non-hydrogen) atoms. The highest BCUT2D eigenvalue weighted by atomic mass is 16.6. The van der Waals surface area contributed by atoms with Crippen molar-refractivity contribution in [2.45, 2.75) is 32.8 Å². The summed E-state index contributed by atoms with van der Waals surface area (Å²) in [6.07, 6.45) is 2.56. The van der Waals surface area contributed by atoms with Crippen molar-refractivity contribution in [3.63, 3.8) is 0 Å². The van der Waals surface area contributed by atoms with Crippen LogP contribution in [0, 0.1) is 0 Å². The third-order valence-electron chi connectivity index (χ3n) is 4.52. The Morgan fingerprint density at radius 2 is 1.81 bits per heavy atom. The van der Waals surface area contributed by atoms with Crippen LogP contribution in [0.5, 0.6) is 0 Å². The fourth-order valence-corrected chi connectivity index (χ4v) is 2.92. The van der Waals surface area contributed by atoms with Gasteiger partial charge in [0.05, 0.1) is 16.8 Å². The second kappa shape index (κ2) is 12.4. The van der Waals surface area contributed by atoms with E-state index in [0.29, 0.717) is 29.6 Å². The summed E-state index contributed by atoms with van der Waals surface area (Å²) >= 11 is 0. The number of alkyl carbamates (subject to hydrolysis) is 1. The number of ether oxygens (including phenoxy) is 1. The molecule has 0 atom stereocenters. The standard InChI is InChI=1S/C23H31N7O6/c1-23(2,3)36-22(35)28-9-4-8-27-21(34)17(24)13-30(25)14-5-6-18-16(11-14)15(7-10-26-18)20(33)29-12-19(31)32/h5-7,10-11,13H,4,8-9,12,24-25H2,1-3H3,(H,27,34)(H,28,35)(H,29,33)(H,31,32)/b17-13-. The quantitative estimate of drug-likeness (QED) is 0.116. The minimum atomic E-state index is -1.17. The van der Waals surface area contributed by atoms with Gasteiger partial charge in [-0.1, -0.05) is 0 Å². The van der Waals surface area contributed by atoms with E-state index in [9.17, 15) is 19.2 Å². The zero-order chi connectivity index (χ0) is 26.9. The molecule has 1 heterocycles. The lowest BCUT2D eigenvalue weighted by molar-refractivity contribution is -0.135. The highest BCUT2D eigenvalue weighted by Gasteiger charge is 2.16. The Labute approximate surface area is 207 Å². The average molecular weight is 502 g/mol. The molecule has 0 spiro atoms. The van der Waals surface area contributed by atoms with Gasteiger partial charge in [-0.05, 0) is 51.5 Å². The molecule has 0 aliphatic rings. The summed E-state index contributed by atoms with van der Waals surface area (Å²) in [7, 11) is 0. The van der Waals surface area contributed by atoms with Crippen LogP contribution < -0.4 is 32.5 Å². The maximum atomic E-state index is 12.4. The van der Waals surface area contributed by atoms with Crippen LogP contribution in [0.3, 0.4) is 0 Å². The monoisotopic (exact) mass is 501 g/mol. The number of hydrogen-bond acceptors (Lipinski definition) is 9. The Morgan fingerprint density at radius 3 is 2.47 bits per heavy atom. The molecule has 0 radical (unpaired) electrons. The van der Waals surface area contributed by atoms with Crippen molar-refractivity contribution in [1.29, 1.82) is 0 Å². The van der Waals surface area contributed by atoms with E-state index in [4.69, 9.17) is 21.4 Å². The number of carboxylic acids is 1. The number of aromatic nitrogens is 1. The highest BCUT2D eigenvalue weighted by molar-refractivity contribution is 6.07. The van der Waals surface area contributed by atoms with Crippen LogP contribution >= 0.6 is 0 Å². The number of pyridine rings is 1. The Balaban J connectivity index is 1.98. The van der Waals surface area contributed by atoms with Crippen molar-refractivity contribution in [2.24, 2.45) is 11.6 Å². The lowest BCUT2D eigenvalue weighted by Crippen LogP contribution is -2.36. The number of aliphatic carboxylic acids is 1. The summed E-state index contributed by atoms with van der Waals surface area (Å²) in [6.45, 7) is 5.30. The second-order valence-corrected chi connectivity index (χ2v) is 8.67. The number of fused-ring (bicyclic) bond motifs is 1. The third kappa shape index (κ3) is 8.76. The Hall–Kier alpha value is -4.39. The molecule has 3 amide bonds. The molecule has 194 valence electrons. The summed E-state index contributed by atoms with van der Waals surface area (Å²) in [4.78, 5) is 51.2. The Morgan fingerprint density at radius 1 is 1.11 bits per heavy atom. The smallest absolute Gasteiger partial charge is 0.407 e.